The largest absolute Gasteiger partial charge is 0.389 e. The van der Waals surface area contributed by atoms with Gasteiger partial charge in [-0.05, 0) is 39.2 Å². The summed E-state index contributed by atoms with van der Waals surface area (Å²) in [6.07, 6.45) is 4.35. The maximum Gasteiger partial charge on any atom is 0.0746 e. The summed E-state index contributed by atoms with van der Waals surface area (Å²) in [5, 5.41) is 10.0. The summed E-state index contributed by atoms with van der Waals surface area (Å²) in [5.74, 6) is 0. The molecule has 2 fully saturated rings. The number of rotatable bonds is 1. The van der Waals surface area contributed by atoms with Gasteiger partial charge in [0.15, 0.2) is 0 Å². The zero-order valence-corrected chi connectivity index (χ0v) is 9.04. The summed E-state index contributed by atoms with van der Waals surface area (Å²) in [7, 11) is 0. The summed E-state index contributed by atoms with van der Waals surface area (Å²) >= 11 is 0. The SMILES string of the molecule is CC1(O)CCCN(C2CCOCC2)C1. The minimum atomic E-state index is -0.462. The lowest BCUT2D eigenvalue weighted by Gasteiger charge is -2.42. The molecule has 0 bridgehead atoms. The first-order valence-corrected chi connectivity index (χ1v) is 5.72. The Morgan fingerprint density at radius 3 is 2.71 bits per heavy atom. The van der Waals surface area contributed by atoms with Crippen molar-refractivity contribution in [2.75, 3.05) is 26.3 Å². The van der Waals surface area contributed by atoms with Gasteiger partial charge >= 0.3 is 0 Å². The standard InChI is InChI=1S/C11H21NO2/c1-11(13)5-2-6-12(9-11)10-3-7-14-8-4-10/h10,13H,2-9H2,1H3. The van der Waals surface area contributed by atoms with Gasteiger partial charge in [-0.2, -0.15) is 0 Å². The molecule has 2 saturated heterocycles. The molecule has 0 radical (unpaired) electrons. The summed E-state index contributed by atoms with van der Waals surface area (Å²) in [5.41, 5.74) is -0.462. The molecular weight excluding hydrogens is 178 g/mol. The summed E-state index contributed by atoms with van der Waals surface area (Å²) < 4.78 is 5.35. The maximum atomic E-state index is 10.0. The van der Waals surface area contributed by atoms with E-state index in [0.717, 1.165) is 52.0 Å². The van der Waals surface area contributed by atoms with Crippen LogP contribution in [0.1, 0.15) is 32.6 Å². The van der Waals surface area contributed by atoms with Crippen LogP contribution in [0.4, 0.5) is 0 Å². The highest BCUT2D eigenvalue weighted by Gasteiger charge is 2.32. The molecule has 3 heteroatoms. The zero-order chi connectivity index (χ0) is 10.0. The van der Waals surface area contributed by atoms with Gasteiger partial charge in [-0.15, -0.1) is 0 Å². The predicted molar refractivity (Wildman–Crippen MR) is 55.3 cm³/mol. The molecule has 0 saturated carbocycles. The number of ether oxygens (including phenoxy) is 1. The molecule has 1 unspecified atom stereocenters. The fraction of sp³-hybridized carbons (Fsp3) is 1.00. The molecule has 82 valence electrons. The van der Waals surface area contributed by atoms with Crippen molar-refractivity contribution >= 4 is 0 Å². The van der Waals surface area contributed by atoms with Crippen molar-refractivity contribution in [3.63, 3.8) is 0 Å². The van der Waals surface area contributed by atoms with Crippen molar-refractivity contribution in [3.05, 3.63) is 0 Å². The highest BCUT2D eigenvalue weighted by molar-refractivity contribution is 4.87. The third-order valence-electron chi connectivity index (χ3n) is 3.41. The molecule has 0 aromatic carbocycles. The van der Waals surface area contributed by atoms with Gasteiger partial charge in [0.25, 0.3) is 0 Å². The van der Waals surface area contributed by atoms with Crippen LogP contribution in [0.3, 0.4) is 0 Å². The average Bonchev–Trinajstić information content (AvgIpc) is 2.18. The smallest absolute Gasteiger partial charge is 0.0746 e. The Bertz CT molecular complexity index is 188. The van der Waals surface area contributed by atoms with Gasteiger partial charge in [0.2, 0.25) is 0 Å². The monoisotopic (exact) mass is 199 g/mol. The van der Waals surface area contributed by atoms with Gasteiger partial charge < -0.3 is 9.84 Å². The van der Waals surface area contributed by atoms with Crippen molar-refractivity contribution in [2.24, 2.45) is 0 Å². The maximum absolute atomic E-state index is 10.0. The molecule has 2 aliphatic heterocycles. The van der Waals surface area contributed by atoms with E-state index < -0.39 is 5.60 Å². The molecule has 0 aromatic heterocycles. The van der Waals surface area contributed by atoms with Crippen LogP contribution in [0.25, 0.3) is 0 Å². The summed E-state index contributed by atoms with van der Waals surface area (Å²) in [4.78, 5) is 2.45. The van der Waals surface area contributed by atoms with E-state index in [1.807, 2.05) is 6.92 Å². The molecule has 2 heterocycles. The molecule has 1 N–H and O–H groups in total. The van der Waals surface area contributed by atoms with Crippen LogP contribution in [-0.2, 0) is 4.74 Å². The molecule has 0 amide bonds. The highest BCUT2D eigenvalue weighted by atomic mass is 16.5. The van der Waals surface area contributed by atoms with E-state index in [4.69, 9.17) is 4.74 Å². The number of hydrogen-bond donors (Lipinski definition) is 1. The van der Waals surface area contributed by atoms with E-state index in [-0.39, 0.29) is 0 Å². The first-order valence-electron chi connectivity index (χ1n) is 5.72. The summed E-state index contributed by atoms with van der Waals surface area (Å²) in [6, 6.07) is 0.649. The van der Waals surface area contributed by atoms with Crippen LogP contribution < -0.4 is 0 Å². The molecule has 0 aromatic rings. The molecule has 1 atom stereocenters. The predicted octanol–water partition coefficient (Wildman–Crippen LogP) is 1.01. The van der Waals surface area contributed by atoms with Crippen LogP contribution in [0, 0.1) is 0 Å². The lowest BCUT2D eigenvalue weighted by molar-refractivity contribution is -0.0502. The highest BCUT2D eigenvalue weighted by Crippen LogP contribution is 2.25. The molecule has 0 spiro atoms. The van der Waals surface area contributed by atoms with Crippen molar-refractivity contribution in [3.8, 4) is 0 Å². The van der Waals surface area contributed by atoms with Gasteiger partial charge in [-0.3, -0.25) is 4.90 Å². The molecular formula is C11H21NO2. The van der Waals surface area contributed by atoms with Crippen LogP contribution in [0.5, 0.6) is 0 Å². The van der Waals surface area contributed by atoms with E-state index in [2.05, 4.69) is 4.90 Å². The zero-order valence-electron chi connectivity index (χ0n) is 9.04. The Kier molecular flexibility index (Phi) is 3.10. The van der Waals surface area contributed by atoms with Gasteiger partial charge in [-0.25, -0.2) is 0 Å². The Balaban J connectivity index is 1.89. The van der Waals surface area contributed by atoms with E-state index in [1.54, 1.807) is 0 Å². The Hall–Kier alpha value is -0.120. The van der Waals surface area contributed by atoms with Crippen LogP contribution >= 0.6 is 0 Å². The second-order valence-corrected chi connectivity index (χ2v) is 4.91. The van der Waals surface area contributed by atoms with Crippen LogP contribution in [0.15, 0.2) is 0 Å². The van der Waals surface area contributed by atoms with Gasteiger partial charge in [0.05, 0.1) is 5.60 Å². The first kappa shape index (κ1) is 10.4. The van der Waals surface area contributed by atoms with E-state index in [0.29, 0.717) is 6.04 Å². The lowest BCUT2D eigenvalue weighted by atomic mass is 9.92. The Morgan fingerprint density at radius 1 is 1.36 bits per heavy atom. The number of aliphatic hydroxyl groups is 1. The summed E-state index contributed by atoms with van der Waals surface area (Å²) in [6.45, 7) is 5.74. The van der Waals surface area contributed by atoms with Gasteiger partial charge in [-0.1, -0.05) is 0 Å². The topological polar surface area (TPSA) is 32.7 Å². The molecule has 0 aliphatic carbocycles. The lowest BCUT2D eigenvalue weighted by Crippen LogP contribution is -2.51. The Morgan fingerprint density at radius 2 is 2.07 bits per heavy atom. The molecule has 14 heavy (non-hydrogen) atoms. The average molecular weight is 199 g/mol. The fourth-order valence-corrected chi connectivity index (χ4v) is 2.62. The van der Waals surface area contributed by atoms with Crippen LogP contribution in [0.2, 0.25) is 0 Å². The van der Waals surface area contributed by atoms with E-state index in [9.17, 15) is 5.11 Å². The van der Waals surface area contributed by atoms with E-state index in [1.165, 1.54) is 0 Å². The minimum Gasteiger partial charge on any atom is -0.389 e. The second-order valence-electron chi connectivity index (χ2n) is 4.91. The van der Waals surface area contributed by atoms with Crippen molar-refractivity contribution in [1.82, 2.24) is 4.90 Å². The third kappa shape index (κ3) is 2.47. The van der Waals surface area contributed by atoms with Crippen molar-refractivity contribution in [1.29, 1.82) is 0 Å². The van der Waals surface area contributed by atoms with Gasteiger partial charge in [0, 0.05) is 25.8 Å². The van der Waals surface area contributed by atoms with Gasteiger partial charge in [0.1, 0.15) is 0 Å². The number of β-amino-alcohol motifs (C(OH)–C–C–N with tert-alkyl or cyclic N) is 1. The molecule has 2 rings (SSSR count). The van der Waals surface area contributed by atoms with E-state index >= 15 is 0 Å². The molecule has 2 aliphatic rings. The van der Waals surface area contributed by atoms with Crippen LogP contribution in [-0.4, -0.2) is 48.0 Å². The normalized spacial score (nSPS) is 37.3. The first-order chi connectivity index (χ1) is 6.67. The fourth-order valence-electron chi connectivity index (χ4n) is 2.62. The third-order valence-corrected chi connectivity index (χ3v) is 3.41. The molecule has 3 nitrogen and oxygen atoms in total. The van der Waals surface area contributed by atoms with Crippen molar-refractivity contribution in [2.45, 2.75) is 44.2 Å². The number of piperidine rings is 1. The Labute approximate surface area is 86.0 Å². The number of hydrogen-bond acceptors (Lipinski definition) is 3. The number of likely N-dealkylation sites (tertiary alicyclic amines) is 1. The number of nitrogens with zero attached hydrogens (tertiary/aromatic N) is 1. The second kappa shape index (κ2) is 4.17. The quantitative estimate of drug-likeness (QED) is 0.684. The minimum absolute atomic E-state index is 0.462. The van der Waals surface area contributed by atoms with Crippen molar-refractivity contribution < 1.29 is 9.84 Å².